The molecule has 0 bridgehead atoms. The normalized spacial score (nSPS) is 10.2. The predicted molar refractivity (Wildman–Crippen MR) is 80.3 cm³/mol. The molecule has 1 heterocycles. The molecule has 2 N–H and O–H groups in total. The number of nitrogens with zero attached hydrogens (tertiary/aromatic N) is 2. The molecule has 0 amide bonds. The number of aromatic carboxylic acids is 1. The zero-order chi connectivity index (χ0) is 15.6. The first-order valence-electron chi connectivity index (χ1n) is 5.48. The number of aromatic nitrogens is 1. The number of carboxylic acids is 1. The summed E-state index contributed by atoms with van der Waals surface area (Å²) in [6.07, 6.45) is 0.986. The summed E-state index contributed by atoms with van der Waals surface area (Å²) in [5, 5.41) is 23.1. The van der Waals surface area contributed by atoms with Crippen molar-refractivity contribution < 1.29 is 14.8 Å². The summed E-state index contributed by atoms with van der Waals surface area (Å²) >= 11 is 9.10. The number of rotatable bonds is 4. The van der Waals surface area contributed by atoms with Crippen LogP contribution in [0, 0.1) is 10.1 Å². The van der Waals surface area contributed by atoms with E-state index in [9.17, 15) is 14.9 Å². The van der Waals surface area contributed by atoms with Gasteiger partial charge < -0.3 is 10.4 Å². The highest BCUT2D eigenvalue weighted by atomic mass is 79.9. The monoisotopic (exact) mass is 371 g/mol. The van der Waals surface area contributed by atoms with Gasteiger partial charge in [-0.05, 0) is 34.1 Å². The van der Waals surface area contributed by atoms with Crippen LogP contribution in [-0.4, -0.2) is 21.0 Å². The van der Waals surface area contributed by atoms with Crippen LogP contribution in [0.5, 0.6) is 0 Å². The fourth-order valence-corrected chi connectivity index (χ4v) is 2.02. The van der Waals surface area contributed by atoms with E-state index in [1.165, 1.54) is 0 Å². The highest BCUT2D eigenvalue weighted by Crippen LogP contribution is 2.28. The number of hydrogen-bond donors (Lipinski definition) is 2. The minimum Gasteiger partial charge on any atom is -0.478 e. The van der Waals surface area contributed by atoms with Crippen LogP contribution in [0.15, 0.2) is 34.9 Å². The summed E-state index contributed by atoms with van der Waals surface area (Å²) in [5.74, 6) is -1.32. The molecule has 0 spiro atoms. The second-order valence-electron chi connectivity index (χ2n) is 3.91. The lowest BCUT2D eigenvalue weighted by molar-refractivity contribution is -0.385. The molecular formula is C12H7BrClN3O4. The van der Waals surface area contributed by atoms with E-state index >= 15 is 0 Å². The van der Waals surface area contributed by atoms with E-state index in [0.29, 0.717) is 15.2 Å². The van der Waals surface area contributed by atoms with Gasteiger partial charge in [-0.2, -0.15) is 0 Å². The Hall–Kier alpha value is -2.19. The molecule has 1 aromatic heterocycles. The van der Waals surface area contributed by atoms with Gasteiger partial charge in [-0.3, -0.25) is 10.1 Å². The van der Waals surface area contributed by atoms with E-state index in [1.54, 1.807) is 18.2 Å². The Morgan fingerprint density at radius 3 is 2.71 bits per heavy atom. The highest BCUT2D eigenvalue weighted by Gasteiger charge is 2.17. The lowest BCUT2D eigenvalue weighted by Gasteiger charge is -2.09. The van der Waals surface area contributed by atoms with Crippen molar-refractivity contribution in [2.75, 3.05) is 5.32 Å². The quantitative estimate of drug-likeness (QED) is 0.624. The van der Waals surface area contributed by atoms with Gasteiger partial charge in [0.05, 0.1) is 9.95 Å². The van der Waals surface area contributed by atoms with E-state index < -0.39 is 16.6 Å². The average Bonchev–Trinajstić information content (AvgIpc) is 2.43. The number of pyridine rings is 1. The number of carboxylic acid groups (broad SMARTS) is 1. The third-order valence-electron chi connectivity index (χ3n) is 2.50. The van der Waals surface area contributed by atoms with E-state index in [1.807, 2.05) is 0 Å². The lowest BCUT2D eigenvalue weighted by atomic mass is 10.2. The standard InChI is InChI=1S/C12H7BrClN3O4/c13-9-3-6(1-2-10(9)14)16-11-8(12(18)19)4-7(5-15-11)17(20)21/h1-5H,(H,15,16)(H,18,19). The van der Waals surface area contributed by atoms with Gasteiger partial charge in [0.15, 0.2) is 0 Å². The number of benzene rings is 1. The molecule has 1 aromatic carbocycles. The minimum atomic E-state index is -1.32. The van der Waals surface area contributed by atoms with Crippen molar-refractivity contribution in [3.63, 3.8) is 0 Å². The molecule has 0 saturated heterocycles. The Morgan fingerprint density at radius 2 is 2.14 bits per heavy atom. The molecule has 0 aliphatic rings. The zero-order valence-electron chi connectivity index (χ0n) is 10.2. The smallest absolute Gasteiger partial charge is 0.339 e. The summed E-state index contributed by atoms with van der Waals surface area (Å²) < 4.78 is 0.618. The Balaban J connectivity index is 2.41. The van der Waals surface area contributed by atoms with Gasteiger partial charge in [0.25, 0.3) is 5.69 Å². The highest BCUT2D eigenvalue weighted by molar-refractivity contribution is 9.10. The summed E-state index contributed by atoms with van der Waals surface area (Å²) in [6, 6.07) is 5.82. The minimum absolute atomic E-state index is 0.00215. The van der Waals surface area contributed by atoms with Crippen LogP contribution >= 0.6 is 27.5 Å². The largest absolute Gasteiger partial charge is 0.478 e. The van der Waals surface area contributed by atoms with Crippen LogP contribution in [-0.2, 0) is 0 Å². The maximum absolute atomic E-state index is 11.2. The summed E-state index contributed by atoms with van der Waals surface area (Å²) in [6.45, 7) is 0. The maximum atomic E-state index is 11.2. The van der Waals surface area contributed by atoms with Gasteiger partial charge in [-0.15, -0.1) is 0 Å². The summed E-state index contributed by atoms with van der Waals surface area (Å²) in [5.41, 5.74) is -0.152. The van der Waals surface area contributed by atoms with Gasteiger partial charge in [0.1, 0.15) is 17.6 Å². The van der Waals surface area contributed by atoms with Crippen molar-refractivity contribution in [2.45, 2.75) is 0 Å². The van der Waals surface area contributed by atoms with Crippen LogP contribution in [0.3, 0.4) is 0 Å². The first kappa shape index (κ1) is 15.2. The lowest BCUT2D eigenvalue weighted by Crippen LogP contribution is -2.06. The van der Waals surface area contributed by atoms with Crippen LogP contribution in [0.25, 0.3) is 0 Å². The first-order chi connectivity index (χ1) is 9.88. The number of anilines is 2. The third-order valence-corrected chi connectivity index (χ3v) is 3.71. The molecule has 21 heavy (non-hydrogen) atoms. The van der Waals surface area contributed by atoms with Crippen molar-refractivity contribution >= 4 is 50.7 Å². The predicted octanol–water partition coefficient (Wildman–Crippen LogP) is 3.85. The summed E-state index contributed by atoms with van der Waals surface area (Å²) in [4.78, 5) is 24.9. The van der Waals surface area contributed by atoms with Gasteiger partial charge in [-0.1, -0.05) is 11.6 Å². The molecule has 0 aliphatic carbocycles. The Morgan fingerprint density at radius 1 is 1.43 bits per heavy atom. The van der Waals surface area contributed by atoms with E-state index in [-0.39, 0.29) is 11.4 Å². The Kier molecular flexibility index (Phi) is 4.39. The van der Waals surface area contributed by atoms with Crippen molar-refractivity contribution in [1.82, 2.24) is 4.98 Å². The SMILES string of the molecule is O=C(O)c1cc([N+](=O)[O-])cnc1Nc1ccc(Cl)c(Br)c1. The Labute approximate surface area is 131 Å². The second kappa shape index (κ2) is 6.06. The van der Waals surface area contributed by atoms with Gasteiger partial charge in [-0.25, -0.2) is 9.78 Å². The number of nitro groups is 1. The number of nitrogens with one attached hydrogen (secondary N) is 1. The molecule has 108 valence electrons. The molecule has 9 heteroatoms. The number of halogens is 2. The fourth-order valence-electron chi connectivity index (χ4n) is 1.53. The third kappa shape index (κ3) is 3.47. The van der Waals surface area contributed by atoms with Crippen molar-refractivity contribution in [3.05, 3.63) is 55.6 Å². The van der Waals surface area contributed by atoms with Gasteiger partial charge in [0, 0.05) is 16.2 Å². The van der Waals surface area contributed by atoms with Gasteiger partial charge >= 0.3 is 5.97 Å². The molecule has 0 fully saturated rings. The molecule has 0 aliphatic heterocycles. The molecule has 0 atom stereocenters. The Bertz CT molecular complexity index is 738. The molecule has 0 radical (unpaired) electrons. The van der Waals surface area contributed by atoms with E-state index in [4.69, 9.17) is 16.7 Å². The molecular weight excluding hydrogens is 366 g/mol. The number of hydrogen-bond acceptors (Lipinski definition) is 5. The van der Waals surface area contributed by atoms with Crippen LogP contribution in [0.4, 0.5) is 17.2 Å². The van der Waals surface area contributed by atoms with Crippen LogP contribution < -0.4 is 5.32 Å². The molecule has 0 unspecified atom stereocenters. The van der Waals surface area contributed by atoms with Gasteiger partial charge in [0.2, 0.25) is 0 Å². The zero-order valence-corrected chi connectivity index (χ0v) is 12.6. The maximum Gasteiger partial charge on any atom is 0.339 e. The molecule has 0 saturated carbocycles. The van der Waals surface area contributed by atoms with Crippen LogP contribution in [0.2, 0.25) is 5.02 Å². The van der Waals surface area contributed by atoms with Crippen molar-refractivity contribution in [3.8, 4) is 0 Å². The second-order valence-corrected chi connectivity index (χ2v) is 5.17. The molecule has 7 nitrogen and oxygen atoms in total. The summed E-state index contributed by atoms with van der Waals surface area (Å²) in [7, 11) is 0. The first-order valence-corrected chi connectivity index (χ1v) is 6.65. The van der Waals surface area contributed by atoms with Crippen LogP contribution in [0.1, 0.15) is 10.4 Å². The number of carbonyl (C=O) groups is 1. The topological polar surface area (TPSA) is 105 Å². The van der Waals surface area contributed by atoms with E-state index in [2.05, 4.69) is 26.2 Å². The average molecular weight is 373 g/mol. The molecule has 2 rings (SSSR count). The van der Waals surface area contributed by atoms with Crippen molar-refractivity contribution in [1.29, 1.82) is 0 Å². The fraction of sp³-hybridized carbons (Fsp3) is 0. The van der Waals surface area contributed by atoms with E-state index in [0.717, 1.165) is 12.3 Å². The van der Waals surface area contributed by atoms with Crippen molar-refractivity contribution in [2.24, 2.45) is 0 Å². The molecule has 2 aromatic rings.